The van der Waals surface area contributed by atoms with Gasteiger partial charge in [-0.3, -0.25) is 4.68 Å². The van der Waals surface area contributed by atoms with E-state index in [1.807, 2.05) is 16.9 Å². The Kier molecular flexibility index (Phi) is 5.25. The lowest BCUT2D eigenvalue weighted by atomic mass is 10.3. The van der Waals surface area contributed by atoms with Crippen LogP contribution >= 0.6 is 0 Å². The minimum absolute atomic E-state index is 0.284. The van der Waals surface area contributed by atoms with Crippen molar-refractivity contribution in [3.05, 3.63) is 18.0 Å². The molecule has 0 unspecified atom stereocenters. The van der Waals surface area contributed by atoms with Crippen LogP contribution in [0.2, 0.25) is 0 Å². The number of aliphatic hydroxyl groups excluding tert-OH is 1. The average molecular weight is 197 g/mol. The van der Waals surface area contributed by atoms with E-state index in [1.54, 1.807) is 0 Å². The van der Waals surface area contributed by atoms with Gasteiger partial charge in [0, 0.05) is 25.9 Å². The molecule has 0 atom stereocenters. The van der Waals surface area contributed by atoms with Gasteiger partial charge in [-0.1, -0.05) is 0 Å². The summed E-state index contributed by atoms with van der Waals surface area (Å²) < 4.78 is 1.92. The molecule has 0 aromatic carbocycles. The molecule has 4 nitrogen and oxygen atoms in total. The smallest absolute Gasteiger partial charge is 0.0762 e. The first kappa shape index (κ1) is 11.2. The fraction of sp³-hybridized carbons (Fsp3) is 0.700. The van der Waals surface area contributed by atoms with Crippen molar-refractivity contribution in [3.63, 3.8) is 0 Å². The van der Waals surface area contributed by atoms with Crippen LogP contribution in [0.5, 0.6) is 0 Å². The molecule has 2 N–H and O–H groups in total. The maximum absolute atomic E-state index is 8.57. The highest BCUT2D eigenvalue weighted by Gasteiger charge is 1.96. The molecule has 0 spiro atoms. The van der Waals surface area contributed by atoms with Crippen LogP contribution in [0, 0.1) is 0 Å². The Labute approximate surface area is 84.9 Å². The topological polar surface area (TPSA) is 50.1 Å². The molecule has 1 heterocycles. The standard InChI is InChI=1S/C10H19N3O/c1-2-13-7-5-10(12-13)9-11-6-3-4-8-14/h5,7,11,14H,2-4,6,8-9H2,1H3. The van der Waals surface area contributed by atoms with Gasteiger partial charge in [-0.2, -0.15) is 5.10 Å². The molecule has 1 aromatic heterocycles. The summed E-state index contributed by atoms with van der Waals surface area (Å²) in [5.74, 6) is 0. The molecule has 0 aliphatic rings. The second kappa shape index (κ2) is 6.56. The molecule has 4 heteroatoms. The minimum Gasteiger partial charge on any atom is -0.396 e. The second-order valence-corrected chi connectivity index (χ2v) is 3.27. The molecule has 1 rings (SSSR count). The van der Waals surface area contributed by atoms with E-state index >= 15 is 0 Å². The number of hydrogen-bond acceptors (Lipinski definition) is 3. The molecular weight excluding hydrogens is 178 g/mol. The monoisotopic (exact) mass is 197 g/mol. The molecule has 0 saturated heterocycles. The van der Waals surface area contributed by atoms with Crippen LogP contribution in [0.25, 0.3) is 0 Å². The van der Waals surface area contributed by atoms with E-state index in [4.69, 9.17) is 5.11 Å². The van der Waals surface area contributed by atoms with Crippen LogP contribution < -0.4 is 5.32 Å². The molecule has 0 radical (unpaired) electrons. The van der Waals surface area contributed by atoms with Crippen molar-refractivity contribution in [1.82, 2.24) is 15.1 Å². The zero-order chi connectivity index (χ0) is 10.2. The highest BCUT2D eigenvalue weighted by Crippen LogP contribution is 1.95. The van der Waals surface area contributed by atoms with Crippen molar-refractivity contribution in [2.45, 2.75) is 32.9 Å². The van der Waals surface area contributed by atoms with Crippen LogP contribution in [-0.2, 0) is 13.1 Å². The third-order valence-electron chi connectivity index (χ3n) is 2.09. The molecule has 0 fully saturated rings. The minimum atomic E-state index is 0.284. The third kappa shape index (κ3) is 3.89. The number of rotatable bonds is 7. The summed E-state index contributed by atoms with van der Waals surface area (Å²) in [6.45, 7) is 5.04. The van der Waals surface area contributed by atoms with E-state index in [1.165, 1.54) is 0 Å². The Hall–Kier alpha value is -0.870. The van der Waals surface area contributed by atoms with Gasteiger partial charge in [-0.05, 0) is 32.4 Å². The second-order valence-electron chi connectivity index (χ2n) is 3.27. The van der Waals surface area contributed by atoms with Crippen molar-refractivity contribution >= 4 is 0 Å². The number of aromatic nitrogens is 2. The van der Waals surface area contributed by atoms with Crippen LogP contribution in [0.1, 0.15) is 25.5 Å². The van der Waals surface area contributed by atoms with Gasteiger partial charge in [0.05, 0.1) is 5.69 Å². The quantitative estimate of drug-likeness (QED) is 0.635. The first-order chi connectivity index (χ1) is 6.86. The number of nitrogens with zero attached hydrogens (tertiary/aromatic N) is 2. The van der Waals surface area contributed by atoms with E-state index in [0.717, 1.165) is 38.2 Å². The SMILES string of the molecule is CCn1ccc(CNCCCCO)n1. The van der Waals surface area contributed by atoms with Gasteiger partial charge in [0.15, 0.2) is 0 Å². The Morgan fingerprint density at radius 2 is 2.36 bits per heavy atom. The van der Waals surface area contributed by atoms with Gasteiger partial charge in [0.1, 0.15) is 0 Å². The molecule has 0 aliphatic carbocycles. The van der Waals surface area contributed by atoms with Crippen molar-refractivity contribution < 1.29 is 5.11 Å². The van der Waals surface area contributed by atoms with Gasteiger partial charge in [-0.25, -0.2) is 0 Å². The maximum Gasteiger partial charge on any atom is 0.0762 e. The zero-order valence-electron chi connectivity index (χ0n) is 8.74. The fourth-order valence-corrected chi connectivity index (χ4v) is 1.25. The van der Waals surface area contributed by atoms with Crippen molar-refractivity contribution in [3.8, 4) is 0 Å². The van der Waals surface area contributed by atoms with Crippen LogP contribution in [0.15, 0.2) is 12.3 Å². The number of nitrogens with one attached hydrogen (secondary N) is 1. The first-order valence-corrected chi connectivity index (χ1v) is 5.20. The number of unbranched alkanes of at least 4 members (excludes halogenated alkanes) is 1. The lowest BCUT2D eigenvalue weighted by Gasteiger charge is -2.00. The van der Waals surface area contributed by atoms with Gasteiger partial charge in [-0.15, -0.1) is 0 Å². The molecule has 0 aliphatic heterocycles. The zero-order valence-corrected chi connectivity index (χ0v) is 8.74. The summed E-state index contributed by atoms with van der Waals surface area (Å²) in [5.41, 5.74) is 1.08. The summed E-state index contributed by atoms with van der Waals surface area (Å²) >= 11 is 0. The maximum atomic E-state index is 8.57. The van der Waals surface area contributed by atoms with E-state index in [-0.39, 0.29) is 6.61 Å². The Balaban J connectivity index is 2.12. The number of hydrogen-bond donors (Lipinski definition) is 2. The lowest BCUT2D eigenvalue weighted by Crippen LogP contribution is -2.15. The third-order valence-corrected chi connectivity index (χ3v) is 2.09. The summed E-state index contributed by atoms with van der Waals surface area (Å²) in [4.78, 5) is 0. The molecule has 1 aromatic rings. The van der Waals surface area contributed by atoms with Gasteiger partial charge in [0.25, 0.3) is 0 Å². The molecule has 0 bridgehead atoms. The van der Waals surface area contributed by atoms with Crippen molar-refractivity contribution in [2.24, 2.45) is 0 Å². The normalized spacial score (nSPS) is 10.7. The summed E-state index contributed by atoms with van der Waals surface area (Å²) in [5, 5.41) is 16.2. The van der Waals surface area contributed by atoms with Crippen molar-refractivity contribution in [1.29, 1.82) is 0 Å². The van der Waals surface area contributed by atoms with E-state index in [0.29, 0.717) is 0 Å². The van der Waals surface area contributed by atoms with Gasteiger partial charge < -0.3 is 10.4 Å². The van der Waals surface area contributed by atoms with E-state index in [9.17, 15) is 0 Å². The Morgan fingerprint density at radius 1 is 1.50 bits per heavy atom. The van der Waals surface area contributed by atoms with Gasteiger partial charge >= 0.3 is 0 Å². The number of aliphatic hydroxyl groups is 1. The van der Waals surface area contributed by atoms with Crippen molar-refractivity contribution in [2.75, 3.05) is 13.2 Å². The molecule has 80 valence electrons. The van der Waals surface area contributed by atoms with Crippen LogP contribution in [0.4, 0.5) is 0 Å². The van der Waals surface area contributed by atoms with Crippen LogP contribution in [-0.4, -0.2) is 28.0 Å². The van der Waals surface area contributed by atoms with E-state index < -0.39 is 0 Å². The predicted octanol–water partition coefficient (Wildman–Crippen LogP) is 0.765. The first-order valence-electron chi connectivity index (χ1n) is 5.20. The molecule has 14 heavy (non-hydrogen) atoms. The number of aryl methyl sites for hydroxylation is 1. The highest BCUT2D eigenvalue weighted by atomic mass is 16.2. The Bertz CT molecular complexity index is 247. The summed E-state index contributed by atoms with van der Waals surface area (Å²) in [6.07, 6.45) is 3.88. The summed E-state index contributed by atoms with van der Waals surface area (Å²) in [7, 11) is 0. The van der Waals surface area contributed by atoms with Gasteiger partial charge in [0.2, 0.25) is 0 Å². The molecular formula is C10H19N3O. The average Bonchev–Trinajstić information content (AvgIpc) is 2.65. The molecule has 0 amide bonds. The largest absolute Gasteiger partial charge is 0.396 e. The highest BCUT2D eigenvalue weighted by molar-refractivity contribution is 4.98. The molecule has 0 saturated carbocycles. The predicted molar refractivity (Wildman–Crippen MR) is 55.9 cm³/mol. The summed E-state index contributed by atoms with van der Waals surface area (Å²) in [6, 6.07) is 2.03. The fourth-order valence-electron chi connectivity index (χ4n) is 1.25. The lowest BCUT2D eigenvalue weighted by molar-refractivity contribution is 0.283. The Morgan fingerprint density at radius 3 is 3.00 bits per heavy atom. The van der Waals surface area contributed by atoms with E-state index in [2.05, 4.69) is 17.3 Å². The van der Waals surface area contributed by atoms with Crippen LogP contribution in [0.3, 0.4) is 0 Å².